The van der Waals surface area contributed by atoms with Crippen LogP contribution in [-0.2, 0) is 14.1 Å². The lowest BCUT2D eigenvalue weighted by atomic mass is 10.1. The second kappa shape index (κ2) is 12.0. The van der Waals surface area contributed by atoms with Gasteiger partial charge in [-0.2, -0.15) is 0 Å². The van der Waals surface area contributed by atoms with Gasteiger partial charge in [-0.05, 0) is 73.5 Å². The molecule has 0 amide bonds. The van der Waals surface area contributed by atoms with Crippen molar-refractivity contribution in [2.24, 2.45) is 14.1 Å². The van der Waals surface area contributed by atoms with Gasteiger partial charge in [-0.1, -0.05) is 26.7 Å². The second-order valence-corrected chi connectivity index (χ2v) is 8.09. The van der Waals surface area contributed by atoms with Crippen LogP contribution in [0.5, 0.6) is 11.5 Å². The Kier molecular flexibility index (Phi) is 8.85. The molecule has 0 aliphatic rings. The summed E-state index contributed by atoms with van der Waals surface area (Å²) in [5, 5.41) is 0. The van der Waals surface area contributed by atoms with E-state index in [-0.39, 0.29) is 0 Å². The summed E-state index contributed by atoms with van der Waals surface area (Å²) < 4.78 is 16.6. The highest BCUT2D eigenvalue weighted by atomic mass is 16.5. The summed E-state index contributed by atoms with van der Waals surface area (Å²) in [6.07, 6.45) is 16.9. The van der Waals surface area contributed by atoms with Crippen LogP contribution in [0.4, 0.5) is 0 Å². The lowest BCUT2D eigenvalue weighted by molar-refractivity contribution is 0.300. The predicted molar refractivity (Wildman–Crippen MR) is 136 cm³/mol. The molecule has 0 N–H and O–H groups in total. The van der Waals surface area contributed by atoms with Crippen LogP contribution in [0.1, 0.15) is 62.0 Å². The van der Waals surface area contributed by atoms with Crippen molar-refractivity contribution >= 4 is 24.3 Å². The Morgan fingerprint density at radius 1 is 0.688 bits per heavy atom. The van der Waals surface area contributed by atoms with Gasteiger partial charge in [0.2, 0.25) is 0 Å². The highest BCUT2D eigenvalue weighted by Gasteiger charge is 2.10. The molecule has 0 saturated heterocycles. The maximum atomic E-state index is 6.21. The summed E-state index contributed by atoms with van der Waals surface area (Å²) in [6.45, 7) is 5.77. The Morgan fingerprint density at radius 2 is 1.12 bits per heavy atom. The molecule has 0 aliphatic heterocycles. The van der Waals surface area contributed by atoms with Gasteiger partial charge in [-0.15, -0.1) is 0 Å². The molecule has 3 aromatic rings. The molecule has 1 aromatic carbocycles. The van der Waals surface area contributed by atoms with Crippen molar-refractivity contribution in [3.05, 3.63) is 71.3 Å². The highest BCUT2D eigenvalue weighted by molar-refractivity contribution is 5.78. The summed E-state index contributed by atoms with van der Waals surface area (Å²) in [6, 6.07) is 12.5. The fourth-order valence-corrected chi connectivity index (χ4v) is 3.40. The van der Waals surface area contributed by atoms with Crippen molar-refractivity contribution in [2.75, 3.05) is 13.2 Å². The van der Waals surface area contributed by atoms with Crippen LogP contribution >= 0.6 is 0 Å². The minimum absolute atomic E-state index is 0.707. The Bertz CT molecular complexity index is 956. The Morgan fingerprint density at radius 3 is 1.47 bits per heavy atom. The summed E-state index contributed by atoms with van der Waals surface area (Å²) in [7, 11) is 4.10. The quantitative estimate of drug-likeness (QED) is 0.287. The number of hydrogen-bond acceptors (Lipinski definition) is 2. The minimum Gasteiger partial charge on any atom is -0.493 e. The maximum absolute atomic E-state index is 6.21. The molecule has 0 bridgehead atoms. The van der Waals surface area contributed by atoms with Crippen LogP contribution in [-0.4, -0.2) is 22.3 Å². The maximum Gasteiger partial charge on any atom is 0.127 e. The first-order valence-electron chi connectivity index (χ1n) is 11.6. The number of aryl methyl sites for hydroxylation is 2. The van der Waals surface area contributed by atoms with Gasteiger partial charge in [-0.25, -0.2) is 0 Å². The zero-order chi connectivity index (χ0) is 22.8. The van der Waals surface area contributed by atoms with Gasteiger partial charge >= 0.3 is 0 Å². The van der Waals surface area contributed by atoms with E-state index in [1.54, 1.807) is 0 Å². The summed E-state index contributed by atoms with van der Waals surface area (Å²) in [5.41, 5.74) is 4.35. The Balaban J connectivity index is 1.98. The van der Waals surface area contributed by atoms with Crippen LogP contribution in [0.15, 0.2) is 48.8 Å². The zero-order valence-electron chi connectivity index (χ0n) is 19.9. The molecule has 0 radical (unpaired) electrons. The molecule has 0 saturated carbocycles. The van der Waals surface area contributed by atoms with Gasteiger partial charge in [0.25, 0.3) is 0 Å². The van der Waals surface area contributed by atoms with Crippen molar-refractivity contribution in [2.45, 2.75) is 39.5 Å². The molecule has 2 aromatic heterocycles. The summed E-state index contributed by atoms with van der Waals surface area (Å²) >= 11 is 0. The van der Waals surface area contributed by atoms with E-state index < -0.39 is 0 Å². The third-order valence-electron chi connectivity index (χ3n) is 5.49. The predicted octanol–water partition coefficient (Wildman–Crippen LogP) is 7.06. The van der Waals surface area contributed by atoms with Crippen LogP contribution in [0.3, 0.4) is 0 Å². The van der Waals surface area contributed by atoms with Crippen molar-refractivity contribution in [3.8, 4) is 11.5 Å². The van der Waals surface area contributed by atoms with Crippen molar-refractivity contribution in [1.82, 2.24) is 9.13 Å². The van der Waals surface area contributed by atoms with E-state index in [2.05, 4.69) is 110 Å². The number of hydrogen-bond donors (Lipinski definition) is 0. The molecule has 170 valence electrons. The van der Waals surface area contributed by atoms with Gasteiger partial charge in [0.05, 0.1) is 13.2 Å². The van der Waals surface area contributed by atoms with Gasteiger partial charge in [-0.3, -0.25) is 0 Å². The normalized spacial score (nSPS) is 11.6. The van der Waals surface area contributed by atoms with Gasteiger partial charge in [0, 0.05) is 49.0 Å². The molecule has 4 heteroatoms. The minimum atomic E-state index is 0.707. The molecule has 3 rings (SSSR count). The number of rotatable bonds is 12. The zero-order valence-corrected chi connectivity index (χ0v) is 19.9. The molecule has 0 atom stereocenters. The first-order chi connectivity index (χ1) is 15.6. The smallest absolute Gasteiger partial charge is 0.127 e. The van der Waals surface area contributed by atoms with E-state index >= 15 is 0 Å². The van der Waals surface area contributed by atoms with Gasteiger partial charge < -0.3 is 18.6 Å². The van der Waals surface area contributed by atoms with E-state index in [0.29, 0.717) is 13.2 Å². The van der Waals surface area contributed by atoms with Crippen LogP contribution in [0.25, 0.3) is 24.3 Å². The van der Waals surface area contributed by atoms with Crippen LogP contribution < -0.4 is 9.47 Å². The third kappa shape index (κ3) is 6.43. The number of nitrogens with zero attached hydrogens (tertiary/aromatic N) is 2. The lowest BCUT2D eigenvalue weighted by Gasteiger charge is -2.15. The van der Waals surface area contributed by atoms with E-state index in [1.165, 1.54) is 0 Å². The monoisotopic (exact) mass is 432 g/mol. The first kappa shape index (κ1) is 23.5. The van der Waals surface area contributed by atoms with E-state index in [4.69, 9.17) is 9.47 Å². The number of ether oxygens (including phenoxy) is 2. The van der Waals surface area contributed by atoms with Crippen molar-refractivity contribution in [3.63, 3.8) is 0 Å². The Hall–Kier alpha value is -3.14. The van der Waals surface area contributed by atoms with Crippen molar-refractivity contribution < 1.29 is 9.47 Å². The largest absolute Gasteiger partial charge is 0.493 e. The fraction of sp³-hybridized carbons (Fsp3) is 0.357. The lowest BCUT2D eigenvalue weighted by Crippen LogP contribution is -2.02. The topological polar surface area (TPSA) is 28.3 Å². The number of unbranched alkanes of at least 4 members (excludes halogenated alkanes) is 2. The van der Waals surface area contributed by atoms with Gasteiger partial charge in [0.1, 0.15) is 11.5 Å². The second-order valence-electron chi connectivity index (χ2n) is 8.09. The standard InChI is InChI=1S/C28H36N2O2/c1-5-7-19-31-27-21-24(14-16-26-12-10-18-30(26)4)28(32-20-8-6-2)22-23(27)13-15-25-11-9-17-29(25)3/h9-18,21-22H,5-8,19-20H2,1-4H3/b15-13+,16-14+. The molecule has 0 aliphatic carbocycles. The molecule has 4 nitrogen and oxygen atoms in total. The average molecular weight is 433 g/mol. The van der Waals surface area contributed by atoms with Crippen molar-refractivity contribution in [1.29, 1.82) is 0 Å². The fourth-order valence-electron chi connectivity index (χ4n) is 3.40. The Labute approximate surface area is 192 Å². The summed E-state index contributed by atoms with van der Waals surface area (Å²) in [4.78, 5) is 0. The SMILES string of the molecule is CCCCOc1cc(/C=C/c2cccn2C)c(OCCCC)cc1/C=C/c1cccn1C. The molecule has 0 spiro atoms. The molecular formula is C28H36N2O2. The highest BCUT2D eigenvalue weighted by Crippen LogP contribution is 2.32. The number of benzene rings is 1. The summed E-state index contributed by atoms with van der Waals surface area (Å²) in [5.74, 6) is 1.77. The molecule has 0 fully saturated rings. The first-order valence-corrected chi connectivity index (χ1v) is 11.6. The van der Waals surface area contributed by atoms with E-state index in [0.717, 1.165) is 59.7 Å². The van der Waals surface area contributed by atoms with E-state index in [9.17, 15) is 0 Å². The molecule has 32 heavy (non-hydrogen) atoms. The number of aromatic nitrogens is 2. The average Bonchev–Trinajstić information content (AvgIpc) is 3.39. The molecular weight excluding hydrogens is 396 g/mol. The van der Waals surface area contributed by atoms with Gasteiger partial charge in [0.15, 0.2) is 0 Å². The van der Waals surface area contributed by atoms with Crippen LogP contribution in [0.2, 0.25) is 0 Å². The van der Waals surface area contributed by atoms with E-state index in [1.807, 2.05) is 0 Å². The van der Waals surface area contributed by atoms with Crippen LogP contribution in [0, 0.1) is 0 Å². The third-order valence-corrected chi connectivity index (χ3v) is 5.49. The molecule has 2 heterocycles. The molecule has 0 unspecified atom stereocenters.